The fraction of sp³-hybridized carbons (Fsp3) is 0.800. The lowest BCUT2D eigenvalue weighted by atomic mass is 9.98. The van der Waals surface area contributed by atoms with Crippen molar-refractivity contribution in [3.8, 4) is 0 Å². The van der Waals surface area contributed by atoms with Crippen molar-refractivity contribution >= 4 is 0 Å². The van der Waals surface area contributed by atoms with Crippen molar-refractivity contribution in [1.29, 1.82) is 0 Å². The molecule has 2 atom stereocenters. The Hall–Kier alpha value is -0.870. The molecule has 2 aliphatic heterocycles. The SMILES string of the molecule is CCN(Cc1nc(C)c(C)o1)C1CC2CCC(C1)N2. The highest BCUT2D eigenvalue weighted by Crippen LogP contribution is 2.30. The predicted octanol–water partition coefficient (Wildman–Crippen LogP) is 2.40. The minimum absolute atomic E-state index is 0.691. The van der Waals surface area contributed by atoms with Crippen LogP contribution in [0.4, 0.5) is 0 Å². The van der Waals surface area contributed by atoms with E-state index >= 15 is 0 Å². The third-order valence-corrected chi connectivity index (χ3v) is 4.78. The van der Waals surface area contributed by atoms with Crippen LogP contribution in [0, 0.1) is 13.8 Å². The van der Waals surface area contributed by atoms with Gasteiger partial charge >= 0.3 is 0 Å². The van der Waals surface area contributed by atoms with Gasteiger partial charge in [-0.2, -0.15) is 0 Å². The summed E-state index contributed by atoms with van der Waals surface area (Å²) < 4.78 is 5.74. The summed E-state index contributed by atoms with van der Waals surface area (Å²) in [6, 6.07) is 2.17. The topological polar surface area (TPSA) is 41.3 Å². The molecule has 106 valence electrons. The number of hydrogen-bond donors (Lipinski definition) is 1. The van der Waals surface area contributed by atoms with Crippen LogP contribution in [0.15, 0.2) is 4.42 Å². The van der Waals surface area contributed by atoms with Gasteiger partial charge in [0, 0.05) is 18.1 Å². The van der Waals surface area contributed by atoms with Crippen LogP contribution in [-0.4, -0.2) is 34.6 Å². The normalized spacial score (nSPS) is 30.2. The number of hydrogen-bond acceptors (Lipinski definition) is 4. The zero-order valence-corrected chi connectivity index (χ0v) is 12.3. The molecule has 2 bridgehead atoms. The lowest BCUT2D eigenvalue weighted by molar-refractivity contribution is 0.129. The molecule has 19 heavy (non-hydrogen) atoms. The zero-order valence-electron chi connectivity index (χ0n) is 12.3. The second-order valence-electron chi connectivity index (χ2n) is 6.08. The van der Waals surface area contributed by atoms with Crippen molar-refractivity contribution in [3.63, 3.8) is 0 Å². The fourth-order valence-electron chi connectivity index (χ4n) is 3.61. The summed E-state index contributed by atoms with van der Waals surface area (Å²) in [6.07, 6.45) is 5.28. The number of aryl methyl sites for hydroxylation is 2. The number of aromatic nitrogens is 1. The first-order valence-electron chi connectivity index (χ1n) is 7.58. The van der Waals surface area contributed by atoms with Gasteiger partial charge in [0.25, 0.3) is 0 Å². The van der Waals surface area contributed by atoms with Gasteiger partial charge in [-0.3, -0.25) is 4.90 Å². The average molecular weight is 263 g/mol. The van der Waals surface area contributed by atoms with Crippen molar-refractivity contribution in [2.24, 2.45) is 0 Å². The molecule has 2 unspecified atom stereocenters. The van der Waals surface area contributed by atoms with Crippen LogP contribution in [-0.2, 0) is 6.54 Å². The Morgan fingerprint density at radius 1 is 1.26 bits per heavy atom. The first kappa shape index (κ1) is 13.1. The number of nitrogens with zero attached hydrogens (tertiary/aromatic N) is 2. The van der Waals surface area contributed by atoms with Crippen LogP contribution >= 0.6 is 0 Å². The molecule has 1 aromatic rings. The van der Waals surface area contributed by atoms with Crippen molar-refractivity contribution in [2.75, 3.05) is 6.54 Å². The van der Waals surface area contributed by atoms with Crippen LogP contribution in [0.2, 0.25) is 0 Å². The van der Waals surface area contributed by atoms with E-state index in [0.29, 0.717) is 6.04 Å². The molecule has 2 saturated heterocycles. The second kappa shape index (κ2) is 5.25. The smallest absolute Gasteiger partial charge is 0.208 e. The lowest BCUT2D eigenvalue weighted by Crippen LogP contribution is -2.47. The van der Waals surface area contributed by atoms with Crippen LogP contribution in [0.5, 0.6) is 0 Å². The van der Waals surface area contributed by atoms with Gasteiger partial charge in [0.05, 0.1) is 12.2 Å². The standard InChI is InChI=1S/C15H25N3O/c1-4-18(9-15-16-10(2)11(3)19-15)14-7-12-5-6-13(8-14)17-12/h12-14,17H,4-9H2,1-3H3. The lowest BCUT2D eigenvalue weighted by Gasteiger charge is -2.36. The van der Waals surface area contributed by atoms with E-state index in [1.165, 1.54) is 25.7 Å². The van der Waals surface area contributed by atoms with Gasteiger partial charge in [-0.05, 0) is 46.1 Å². The average Bonchev–Trinajstić information content (AvgIpc) is 2.89. The first-order valence-corrected chi connectivity index (χ1v) is 7.58. The maximum atomic E-state index is 5.74. The van der Waals surface area contributed by atoms with Gasteiger partial charge in [-0.15, -0.1) is 0 Å². The summed E-state index contributed by atoms with van der Waals surface area (Å²) in [5.74, 6) is 1.83. The highest BCUT2D eigenvalue weighted by molar-refractivity contribution is 5.05. The molecule has 0 radical (unpaired) electrons. The Labute approximate surface area is 115 Å². The summed E-state index contributed by atoms with van der Waals surface area (Å²) in [4.78, 5) is 7.06. The monoisotopic (exact) mass is 263 g/mol. The van der Waals surface area contributed by atoms with Gasteiger partial charge in [-0.1, -0.05) is 6.92 Å². The van der Waals surface area contributed by atoms with Crippen molar-refractivity contribution in [1.82, 2.24) is 15.2 Å². The van der Waals surface area contributed by atoms with E-state index in [4.69, 9.17) is 4.42 Å². The van der Waals surface area contributed by atoms with E-state index in [0.717, 1.165) is 42.5 Å². The zero-order chi connectivity index (χ0) is 13.4. The van der Waals surface area contributed by atoms with Crippen LogP contribution in [0.25, 0.3) is 0 Å². The second-order valence-corrected chi connectivity index (χ2v) is 6.08. The molecule has 1 aromatic heterocycles. The molecule has 4 heteroatoms. The van der Waals surface area contributed by atoms with Gasteiger partial charge in [-0.25, -0.2) is 4.98 Å². The molecule has 0 aromatic carbocycles. The largest absolute Gasteiger partial charge is 0.444 e. The maximum absolute atomic E-state index is 5.74. The fourth-order valence-corrected chi connectivity index (χ4v) is 3.61. The Bertz CT molecular complexity index is 411. The summed E-state index contributed by atoms with van der Waals surface area (Å²) in [7, 11) is 0. The molecule has 1 N–H and O–H groups in total. The number of rotatable bonds is 4. The third-order valence-electron chi connectivity index (χ3n) is 4.78. The molecule has 3 heterocycles. The van der Waals surface area contributed by atoms with Crippen LogP contribution in [0.3, 0.4) is 0 Å². The van der Waals surface area contributed by atoms with E-state index in [-0.39, 0.29) is 0 Å². The highest BCUT2D eigenvalue weighted by Gasteiger charge is 2.35. The molecular weight excluding hydrogens is 238 g/mol. The van der Waals surface area contributed by atoms with Gasteiger partial charge in [0.15, 0.2) is 0 Å². The Morgan fingerprint density at radius 2 is 1.95 bits per heavy atom. The summed E-state index contributed by atoms with van der Waals surface area (Å²) in [5.41, 5.74) is 1.02. The van der Waals surface area contributed by atoms with Crippen molar-refractivity contribution in [3.05, 3.63) is 17.3 Å². The number of piperidine rings is 1. The molecule has 3 rings (SSSR count). The Kier molecular flexibility index (Phi) is 3.63. The molecule has 2 aliphatic rings. The Morgan fingerprint density at radius 3 is 2.47 bits per heavy atom. The van der Waals surface area contributed by atoms with E-state index in [9.17, 15) is 0 Å². The number of nitrogens with one attached hydrogen (secondary N) is 1. The highest BCUT2D eigenvalue weighted by atomic mass is 16.4. The molecule has 2 fully saturated rings. The molecular formula is C15H25N3O. The minimum atomic E-state index is 0.691. The van der Waals surface area contributed by atoms with Crippen molar-refractivity contribution in [2.45, 2.75) is 71.1 Å². The van der Waals surface area contributed by atoms with E-state index in [1.807, 2.05) is 13.8 Å². The summed E-state index contributed by atoms with van der Waals surface area (Å²) in [6.45, 7) is 8.18. The first-order chi connectivity index (χ1) is 9.15. The molecule has 0 spiro atoms. The van der Waals surface area contributed by atoms with E-state index in [2.05, 4.69) is 22.1 Å². The third kappa shape index (κ3) is 2.70. The number of oxazole rings is 1. The van der Waals surface area contributed by atoms with E-state index in [1.54, 1.807) is 0 Å². The number of fused-ring (bicyclic) bond motifs is 2. The molecule has 0 amide bonds. The molecule has 0 aliphatic carbocycles. The maximum Gasteiger partial charge on any atom is 0.208 e. The summed E-state index contributed by atoms with van der Waals surface area (Å²) >= 11 is 0. The molecule has 4 nitrogen and oxygen atoms in total. The quantitative estimate of drug-likeness (QED) is 0.905. The summed E-state index contributed by atoms with van der Waals surface area (Å²) in [5, 5.41) is 3.71. The van der Waals surface area contributed by atoms with Gasteiger partial charge < -0.3 is 9.73 Å². The van der Waals surface area contributed by atoms with Gasteiger partial charge in [0.1, 0.15) is 5.76 Å². The van der Waals surface area contributed by atoms with Crippen molar-refractivity contribution < 1.29 is 4.42 Å². The molecule has 0 saturated carbocycles. The predicted molar refractivity (Wildman–Crippen MR) is 75.0 cm³/mol. The minimum Gasteiger partial charge on any atom is -0.444 e. The Balaban J connectivity index is 1.67. The van der Waals surface area contributed by atoms with Crippen LogP contribution in [0.1, 0.15) is 50.0 Å². The van der Waals surface area contributed by atoms with E-state index < -0.39 is 0 Å². The van der Waals surface area contributed by atoms with Gasteiger partial charge in [0.2, 0.25) is 5.89 Å². The van der Waals surface area contributed by atoms with Crippen LogP contribution < -0.4 is 5.32 Å².